The molecule has 0 N–H and O–H groups in total. The minimum atomic E-state index is -0.0196. The molecule has 1 aliphatic carbocycles. The monoisotopic (exact) mass is 266 g/mol. The average molecular weight is 267 g/mol. The van der Waals surface area contributed by atoms with E-state index in [4.69, 9.17) is 16.3 Å². The lowest BCUT2D eigenvalue weighted by atomic mass is 9.88. The minimum absolute atomic E-state index is 0.0128. The van der Waals surface area contributed by atoms with Gasteiger partial charge in [0.15, 0.2) is 0 Å². The summed E-state index contributed by atoms with van der Waals surface area (Å²) in [6.07, 6.45) is 2.63. The van der Waals surface area contributed by atoms with Crippen LogP contribution in [-0.2, 0) is 11.2 Å². The third-order valence-corrected chi connectivity index (χ3v) is 4.25. The zero-order chi connectivity index (χ0) is 13.1. The van der Waals surface area contributed by atoms with E-state index in [-0.39, 0.29) is 11.8 Å². The van der Waals surface area contributed by atoms with Gasteiger partial charge in [0.05, 0.1) is 7.11 Å². The quantitative estimate of drug-likeness (QED) is 0.762. The molecular weight excluding hydrogens is 248 g/mol. The van der Waals surface area contributed by atoms with Gasteiger partial charge in [-0.15, -0.1) is 11.6 Å². The molecule has 0 bridgehead atoms. The summed E-state index contributed by atoms with van der Waals surface area (Å²) in [4.78, 5) is 12.4. The molecule has 1 aliphatic rings. The predicted molar refractivity (Wildman–Crippen MR) is 73.6 cm³/mol. The smallest absolute Gasteiger partial charge is 0.144 e. The zero-order valence-electron chi connectivity index (χ0n) is 10.9. The third-order valence-electron chi connectivity index (χ3n) is 3.87. The van der Waals surface area contributed by atoms with Crippen molar-refractivity contribution in [3.05, 3.63) is 29.3 Å². The summed E-state index contributed by atoms with van der Waals surface area (Å²) < 4.78 is 5.36. The van der Waals surface area contributed by atoms with Gasteiger partial charge in [-0.25, -0.2) is 0 Å². The second-order valence-corrected chi connectivity index (χ2v) is 5.09. The van der Waals surface area contributed by atoms with Gasteiger partial charge in [0.25, 0.3) is 0 Å². The van der Waals surface area contributed by atoms with Crippen LogP contribution in [-0.4, -0.2) is 18.8 Å². The van der Waals surface area contributed by atoms with E-state index in [1.807, 2.05) is 25.1 Å². The highest BCUT2D eigenvalue weighted by Crippen LogP contribution is 2.40. The van der Waals surface area contributed by atoms with Crippen LogP contribution in [0.3, 0.4) is 0 Å². The number of alkyl halides is 1. The fraction of sp³-hybridized carbons (Fsp3) is 0.533. The van der Waals surface area contributed by atoms with Gasteiger partial charge < -0.3 is 4.74 Å². The maximum atomic E-state index is 12.4. The number of rotatable bonds is 5. The molecule has 0 aliphatic heterocycles. The normalized spacial score (nSPS) is 19.4. The standard InChI is InChI=1S/C15H19ClO2/c1-3-10(9-16)15(17)13-8-7-12-11(13)5-4-6-14(12)18-2/h4-6,10,13H,3,7-9H2,1-2H3. The second kappa shape index (κ2) is 5.75. The van der Waals surface area contributed by atoms with Crippen molar-refractivity contribution in [1.29, 1.82) is 0 Å². The highest BCUT2D eigenvalue weighted by Gasteiger charge is 2.33. The number of halogens is 1. The molecule has 2 nitrogen and oxygen atoms in total. The Morgan fingerprint density at radius 2 is 2.33 bits per heavy atom. The number of hydrogen-bond donors (Lipinski definition) is 0. The highest BCUT2D eigenvalue weighted by atomic mass is 35.5. The molecule has 3 heteroatoms. The molecule has 98 valence electrons. The van der Waals surface area contributed by atoms with Crippen LogP contribution in [0.4, 0.5) is 0 Å². The van der Waals surface area contributed by atoms with Gasteiger partial charge in [-0.1, -0.05) is 19.1 Å². The molecule has 0 saturated carbocycles. The lowest BCUT2D eigenvalue weighted by molar-refractivity contribution is -0.123. The molecule has 0 amide bonds. The summed E-state index contributed by atoms with van der Waals surface area (Å²) in [5, 5.41) is 0. The maximum absolute atomic E-state index is 12.4. The van der Waals surface area contributed by atoms with Crippen molar-refractivity contribution in [2.24, 2.45) is 5.92 Å². The van der Waals surface area contributed by atoms with Gasteiger partial charge in [-0.2, -0.15) is 0 Å². The van der Waals surface area contributed by atoms with Crippen LogP contribution in [0.1, 0.15) is 36.8 Å². The first kappa shape index (κ1) is 13.4. The van der Waals surface area contributed by atoms with Crippen LogP contribution >= 0.6 is 11.6 Å². The van der Waals surface area contributed by atoms with Crippen molar-refractivity contribution in [3.63, 3.8) is 0 Å². The Kier molecular flexibility index (Phi) is 4.28. The van der Waals surface area contributed by atoms with Crippen molar-refractivity contribution >= 4 is 17.4 Å². The number of methoxy groups -OCH3 is 1. The predicted octanol–water partition coefficient (Wildman–Crippen LogP) is 3.56. The summed E-state index contributed by atoms with van der Waals surface area (Å²) in [5.41, 5.74) is 2.34. The van der Waals surface area contributed by atoms with Gasteiger partial charge in [-0.3, -0.25) is 4.79 Å². The number of benzene rings is 1. The van der Waals surface area contributed by atoms with Gasteiger partial charge in [0, 0.05) is 17.7 Å². The van der Waals surface area contributed by atoms with Crippen molar-refractivity contribution in [2.75, 3.05) is 13.0 Å². The Balaban J connectivity index is 2.29. The van der Waals surface area contributed by atoms with E-state index in [9.17, 15) is 4.79 Å². The van der Waals surface area contributed by atoms with Crippen LogP contribution in [0.2, 0.25) is 0 Å². The van der Waals surface area contributed by atoms with Gasteiger partial charge in [-0.05, 0) is 36.5 Å². The molecule has 2 unspecified atom stereocenters. The molecule has 0 heterocycles. The van der Waals surface area contributed by atoms with E-state index in [2.05, 4.69) is 0 Å². The van der Waals surface area contributed by atoms with E-state index in [0.717, 1.165) is 30.6 Å². The van der Waals surface area contributed by atoms with Crippen LogP contribution in [0.25, 0.3) is 0 Å². The molecule has 2 atom stereocenters. The first-order valence-electron chi connectivity index (χ1n) is 6.48. The van der Waals surface area contributed by atoms with E-state index in [1.165, 1.54) is 5.56 Å². The Hall–Kier alpha value is -1.02. The number of Topliss-reactive ketones (excluding diaryl/α,β-unsaturated/α-hetero) is 1. The molecule has 1 aromatic carbocycles. The fourth-order valence-corrected chi connectivity index (χ4v) is 3.15. The minimum Gasteiger partial charge on any atom is -0.496 e. The van der Waals surface area contributed by atoms with Gasteiger partial charge in [0.2, 0.25) is 0 Å². The number of hydrogen-bond acceptors (Lipinski definition) is 2. The first-order valence-corrected chi connectivity index (χ1v) is 7.01. The maximum Gasteiger partial charge on any atom is 0.144 e. The number of ether oxygens (including phenoxy) is 1. The molecule has 0 radical (unpaired) electrons. The molecule has 0 spiro atoms. The molecule has 1 aromatic rings. The molecule has 0 fully saturated rings. The topological polar surface area (TPSA) is 26.3 Å². The average Bonchev–Trinajstić information content (AvgIpc) is 2.83. The number of carbonyl (C=O) groups excluding carboxylic acids is 1. The van der Waals surface area contributed by atoms with E-state index in [1.54, 1.807) is 7.11 Å². The molecular formula is C15H19ClO2. The van der Waals surface area contributed by atoms with Gasteiger partial charge in [0.1, 0.15) is 11.5 Å². The molecule has 2 rings (SSSR count). The van der Waals surface area contributed by atoms with Crippen LogP contribution in [0.5, 0.6) is 5.75 Å². The lowest BCUT2D eigenvalue weighted by Gasteiger charge is -2.17. The molecule has 0 saturated heterocycles. The summed E-state index contributed by atoms with van der Waals surface area (Å²) in [6.45, 7) is 2.02. The summed E-state index contributed by atoms with van der Waals surface area (Å²) >= 11 is 5.88. The molecule has 18 heavy (non-hydrogen) atoms. The van der Waals surface area contributed by atoms with Crippen LogP contribution in [0.15, 0.2) is 18.2 Å². The Morgan fingerprint density at radius 1 is 1.56 bits per heavy atom. The highest BCUT2D eigenvalue weighted by molar-refractivity contribution is 6.19. The zero-order valence-corrected chi connectivity index (χ0v) is 11.7. The van der Waals surface area contributed by atoms with E-state index < -0.39 is 0 Å². The van der Waals surface area contributed by atoms with Crippen molar-refractivity contribution in [3.8, 4) is 5.75 Å². The first-order chi connectivity index (χ1) is 8.72. The Labute approximate surface area is 113 Å². The van der Waals surface area contributed by atoms with Crippen molar-refractivity contribution in [2.45, 2.75) is 32.1 Å². The Bertz CT molecular complexity index is 438. The number of fused-ring (bicyclic) bond motifs is 1. The fourth-order valence-electron chi connectivity index (χ4n) is 2.78. The third kappa shape index (κ3) is 2.26. The van der Waals surface area contributed by atoms with E-state index >= 15 is 0 Å². The Morgan fingerprint density at radius 3 is 2.94 bits per heavy atom. The van der Waals surface area contributed by atoms with Crippen LogP contribution < -0.4 is 4.74 Å². The van der Waals surface area contributed by atoms with E-state index in [0.29, 0.717) is 11.7 Å². The van der Waals surface area contributed by atoms with Crippen LogP contribution in [0, 0.1) is 5.92 Å². The van der Waals surface area contributed by atoms with Gasteiger partial charge >= 0.3 is 0 Å². The lowest BCUT2D eigenvalue weighted by Crippen LogP contribution is -2.21. The van der Waals surface area contributed by atoms with Crippen molar-refractivity contribution < 1.29 is 9.53 Å². The van der Waals surface area contributed by atoms with Crippen molar-refractivity contribution in [1.82, 2.24) is 0 Å². The molecule has 0 aromatic heterocycles. The largest absolute Gasteiger partial charge is 0.496 e. The second-order valence-electron chi connectivity index (χ2n) is 4.78. The SMILES string of the molecule is CCC(CCl)C(=O)C1CCc2c(OC)cccc21. The number of ketones is 1. The summed E-state index contributed by atoms with van der Waals surface area (Å²) in [5.74, 6) is 1.61. The summed E-state index contributed by atoms with van der Waals surface area (Å²) in [7, 11) is 1.68. The number of carbonyl (C=O) groups is 1. The summed E-state index contributed by atoms with van der Waals surface area (Å²) in [6, 6.07) is 5.98.